The molecule has 1 aromatic carbocycles. The van der Waals surface area contributed by atoms with Gasteiger partial charge in [-0.05, 0) is 43.5 Å². The molecular formula is C13H15BrO3. The largest absolute Gasteiger partial charge is 0.478 e. The van der Waals surface area contributed by atoms with Gasteiger partial charge in [0.2, 0.25) is 0 Å². The molecule has 0 spiro atoms. The predicted octanol–water partition coefficient (Wildman–Crippen LogP) is 3.09. The van der Waals surface area contributed by atoms with Gasteiger partial charge in [0.25, 0.3) is 0 Å². The third-order valence-corrected chi connectivity index (χ3v) is 3.37. The van der Waals surface area contributed by atoms with Gasteiger partial charge in [-0.15, -0.1) is 0 Å². The van der Waals surface area contributed by atoms with Crippen LogP contribution in [0.3, 0.4) is 0 Å². The van der Waals surface area contributed by atoms with Crippen molar-refractivity contribution in [3.8, 4) is 5.75 Å². The fourth-order valence-corrected chi connectivity index (χ4v) is 2.21. The van der Waals surface area contributed by atoms with Crippen molar-refractivity contribution >= 4 is 21.9 Å². The van der Waals surface area contributed by atoms with E-state index in [-0.39, 0.29) is 5.97 Å². The number of hydrogen-bond donors (Lipinski definition) is 0. The molecule has 1 atom stereocenters. The van der Waals surface area contributed by atoms with Crippen LogP contribution in [0.2, 0.25) is 0 Å². The van der Waals surface area contributed by atoms with E-state index < -0.39 is 6.10 Å². The van der Waals surface area contributed by atoms with Crippen molar-refractivity contribution in [2.45, 2.75) is 25.9 Å². The fraction of sp³-hybridized carbons (Fsp3) is 0.462. The average molecular weight is 299 g/mol. The number of halogens is 1. The Morgan fingerprint density at radius 2 is 2.18 bits per heavy atom. The molecule has 3 nitrogen and oxygen atoms in total. The summed E-state index contributed by atoms with van der Waals surface area (Å²) in [4.78, 5) is 11.6. The Kier molecular flexibility index (Phi) is 3.72. The second kappa shape index (κ2) is 5.08. The molecule has 1 unspecified atom stereocenters. The first-order chi connectivity index (χ1) is 8.11. The molecule has 17 heavy (non-hydrogen) atoms. The Morgan fingerprint density at radius 3 is 2.71 bits per heavy atom. The van der Waals surface area contributed by atoms with Crippen LogP contribution < -0.4 is 4.74 Å². The number of esters is 1. The molecule has 4 heteroatoms. The highest BCUT2D eigenvalue weighted by molar-refractivity contribution is 9.10. The van der Waals surface area contributed by atoms with Crippen LogP contribution in [-0.4, -0.2) is 19.2 Å². The van der Waals surface area contributed by atoms with E-state index in [1.165, 1.54) is 7.11 Å². The number of carbonyl (C=O) groups excluding carboxylic acids is 1. The summed E-state index contributed by atoms with van der Waals surface area (Å²) in [5, 5.41) is 0. The van der Waals surface area contributed by atoms with E-state index in [0.717, 1.165) is 28.6 Å². The fourth-order valence-electron chi connectivity index (χ4n) is 1.73. The first-order valence-electron chi connectivity index (χ1n) is 5.62. The van der Waals surface area contributed by atoms with Gasteiger partial charge in [0, 0.05) is 10.4 Å². The smallest absolute Gasteiger partial charge is 0.347 e. The van der Waals surface area contributed by atoms with Gasteiger partial charge in [0.15, 0.2) is 6.10 Å². The van der Waals surface area contributed by atoms with Crippen molar-refractivity contribution in [1.82, 2.24) is 0 Å². The van der Waals surface area contributed by atoms with E-state index in [0.29, 0.717) is 5.92 Å². The van der Waals surface area contributed by atoms with Gasteiger partial charge >= 0.3 is 5.97 Å². The van der Waals surface area contributed by atoms with Gasteiger partial charge in [0.05, 0.1) is 7.11 Å². The molecule has 0 aromatic heterocycles. The van der Waals surface area contributed by atoms with Crippen LogP contribution in [0.25, 0.3) is 0 Å². The number of methoxy groups -OCH3 is 1. The van der Waals surface area contributed by atoms with Gasteiger partial charge in [-0.25, -0.2) is 4.79 Å². The lowest BCUT2D eigenvalue weighted by Crippen LogP contribution is -2.30. The average Bonchev–Trinajstić information content (AvgIpc) is 3.11. The Labute approximate surface area is 109 Å². The van der Waals surface area contributed by atoms with Gasteiger partial charge < -0.3 is 9.47 Å². The molecule has 0 N–H and O–H groups in total. The van der Waals surface area contributed by atoms with E-state index in [9.17, 15) is 4.79 Å². The lowest BCUT2D eigenvalue weighted by Gasteiger charge is -2.17. The Morgan fingerprint density at radius 1 is 1.47 bits per heavy atom. The predicted molar refractivity (Wildman–Crippen MR) is 68.0 cm³/mol. The van der Waals surface area contributed by atoms with Gasteiger partial charge in [-0.2, -0.15) is 0 Å². The van der Waals surface area contributed by atoms with Crippen molar-refractivity contribution in [3.63, 3.8) is 0 Å². The molecule has 0 aliphatic heterocycles. The minimum absolute atomic E-state index is 0.283. The second-order valence-electron chi connectivity index (χ2n) is 4.31. The molecule has 0 saturated heterocycles. The normalized spacial score (nSPS) is 16.4. The first kappa shape index (κ1) is 12.4. The van der Waals surface area contributed by atoms with Crippen molar-refractivity contribution < 1.29 is 14.3 Å². The summed E-state index contributed by atoms with van der Waals surface area (Å²) in [7, 11) is 1.40. The molecule has 2 rings (SSSR count). The molecule has 0 radical (unpaired) electrons. The van der Waals surface area contributed by atoms with Crippen LogP contribution in [0.1, 0.15) is 18.4 Å². The molecule has 92 valence electrons. The molecule has 1 aromatic rings. The summed E-state index contributed by atoms with van der Waals surface area (Å²) >= 11 is 3.40. The van der Waals surface area contributed by atoms with Crippen LogP contribution in [0.4, 0.5) is 0 Å². The zero-order valence-electron chi connectivity index (χ0n) is 9.90. The highest BCUT2D eigenvalue weighted by atomic mass is 79.9. The highest BCUT2D eigenvalue weighted by Gasteiger charge is 2.39. The zero-order chi connectivity index (χ0) is 12.4. The van der Waals surface area contributed by atoms with Gasteiger partial charge in [0.1, 0.15) is 5.75 Å². The van der Waals surface area contributed by atoms with Crippen LogP contribution in [0, 0.1) is 12.8 Å². The summed E-state index contributed by atoms with van der Waals surface area (Å²) in [5.41, 5.74) is 1.01. The van der Waals surface area contributed by atoms with Gasteiger partial charge in [-0.3, -0.25) is 0 Å². The second-order valence-corrected chi connectivity index (χ2v) is 5.22. The topological polar surface area (TPSA) is 35.5 Å². The third kappa shape index (κ3) is 3.00. The summed E-state index contributed by atoms with van der Waals surface area (Å²) in [6.07, 6.45) is 1.62. The number of ether oxygens (including phenoxy) is 2. The Bertz CT molecular complexity index is 427. The summed E-state index contributed by atoms with van der Waals surface area (Å²) < 4.78 is 11.6. The Hall–Kier alpha value is -1.03. The molecule has 1 aliphatic rings. The summed E-state index contributed by atoms with van der Waals surface area (Å²) in [5.74, 6) is 0.774. The van der Waals surface area contributed by atoms with E-state index >= 15 is 0 Å². The third-order valence-electron chi connectivity index (χ3n) is 2.87. The quantitative estimate of drug-likeness (QED) is 0.801. The number of aryl methyl sites for hydroxylation is 1. The van der Waals surface area contributed by atoms with Crippen LogP contribution >= 0.6 is 15.9 Å². The molecule has 0 heterocycles. The van der Waals surface area contributed by atoms with Gasteiger partial charge in [-0.1, -0.05) is 15.9 Å². The summed E-state index contributed by atoms with van der Waals surface area (Å²) in [6.45, 7) is 1.96. The summed E-state index contributed by atoms with van der Waals surface area (Å²) in [6, 6.07) is 5.75. The zero-order valence-corrected chi connectivity index (χ0v) is 11.5. The molecule has 1 aliphatic carbocycles. The molecule has 0 amide bonds. The van der Waals surface area contributed by atoms with Crippen molar-refractivity contribution in [2.75, 3.05) is 7.11 Å². The van der Waals surface area contributed by atoms with E-state index in [2.05, 4.69) is 15.9 Å². The maximum atomic E-state index is 11.6. The maximum absolute atomic E-state index is 11.6. The first-order valence-corrected chi connectivity index (χ1v) is 6.41. The molecular weight excluding hydrogens is 284 g/mol. The lowest BCUT2D eigenvalue weighted by atomic mass is 10.2. The SMILES string of the molecule is COC(=O)C(Oc1ccc(Br)cc1C)C1CC1. The van der Waals surface area contributed by atoms with Crippen LogP contribution in [0.15, 0.2) is 22.7 Å². The number of benzene rings is 1. The van der Waals surface area contributed by atoms with Crippen molar-refractivity contribution in [3.05, 3.63) is 28.2 Å². The van der Waals surface area contributed by atoms with Crippen molar-refractivity contribution in [2.24, 2.45) is 5.92 Å². The van der Waals surface area contributed by atoms with Crippen LogP contribution in [-0.2, 0) is 9.53 Å². The van der Waals surface area contributed by atoms with Crippen molar-refractivity contribution in [1.29, 1.82) is 0 Å². The number of hydrogen-bond acceptors (Lipinski definition) is 3. The maximum Gasteiger partial charge on any atom is 0.347 e. The molecule has 1 fully saturated rings. The minimum Gasteiger partial charge on any atom is -0.478 e. The number of carbonyl (C=O) groups is 1. The minimum atomic E-state index is -0.458. The molecule has 0 bridgehead atoms. The highest BCUT2D eigenvalue weighted by Crippen LogP contribution is 2.36. The van der Waals surface area contributed by atoms with Crippen LogP contribution in [0.5, 0.6) is 5.75 Å². The lowest BCUT2D eigenvalue weighted by molar-refractivity contribution is -0.149. The standard InChI is InChI=1S/C13H15BrO3/c1-8-7-10(14)5-6-11(8)17-12(9-3-4-9)13(15)16-2/h5-7,9,12H,3-4H2,1-2H3. The Balaban J connectivity index is 2.14. The van der Waals surface area contributed by atoms with E-state index in [4.69, 9.17) is 9.47 Å². The number of rotatable bonds is 4. The molecule has 1 saturated carbocycles. The monoisotopic (exact) mass is 298 g/mol. The van der Waals surface area contributed by atoms with E-state index in [1.807, 2.05) is 25.1 Å². The van der Waals surface area contributed by atoms with E-state index in [1.54, 1.807) is 0 Å².